The van der Waals surface area contributed by atoms with E-state index in [-0.39, 0.29) is 29.9 Å². The van der Waals surface area contributed by atoms with Gasteiger partial charge in [0.15, 0.2) is 29.6 Å². The van der Waals surface area contributed by atoms with Crippen molar-refractivity contribution in [2.45, 2.75) is 6.54 Å². The molecule has 4 aromatic heterocycles. The smallest absolute Gasteiger partial charge is 0.257 e. The van der Waals surface area contributed by atoms with Gasteiger partial charge in [-0.05, 0) is 32.3 Å². The van der Waals surface area contributed by atoms with E-state index in [4.69, 9.17) is 14.9 Å². The summed E-state index contributed by atoms with van der Waals surface area (Å²) in [5.74, 6) is -1.18. The Bertz CT molecular complexity index is 1760. The maximum absolute atomic E-state index is 14.8. The molecular weight excluding hydrogens is 574 g/mol. The second kappa shape index (κ2) is 12.5. The number of likely N-dealkylation sites (N-methyl/N-ethyl adjacent to an activating group) is 1. The van der Waals surface area contributed by atoms with Crippen molar-refractivity contribution in [1.29, 1.82) is 0 Å². The molecule has 1 aromatic carbocycles. The molecule has 232 valence electrons. The van der Waals surface area contributed by atoms with E-state index in [1.165, 1.54) is 6.07 Å². The number of carbonyl (C=O) groups is 1. The van der Waals surface area contributed by atoms with Crippen molar-refractivity contribution in [3.05, 3.63) is 54.4 Å². The lowest BCUT2D eigenvalue weighted by molar-refractivity contribution is -0.123. The van der Waals surface area contributed by atoms with Crippen LogP contribution in [0.1, 0.15) is 0 Å². The van der Waals surface area contributed by atoms with E-state index in [2.05, 4.69) is 25.4 Å². The zero-order valence-electron chi connectivity index (χ0n) is 24.5. The molecule has 0 saturated carbocycles. The standard InChI is InChI=1S/C29H34F2N10O3/c1-37(2)6-5-33-27(42)18-44-26-16-24(20(30)14-21(26)31)39-10-7-38(8-11-39)9-12-40-28-19(17-34-40)23-15-22(25-4-3-13-43-25)36-41(23)29(32)35-28/h3-4,13-17H,5-12,18H2,1-2H3,(H2,32,35)(H,33,42). The Balaban J connectivity index is 1.06. The zero-order valence-corrected chi connectivity index (χ0v) is 24.5. The fourth-order valence-corrected chi connectivity index (χ4v) is 5.22. The van der Waals surface area contributed by atoms with Crippen molar-refractivity contribution in [3.8, 4) is 17.2 Å². The highest BCUT2D eigenvalue weighted by Gasteiger charge is 2.23. The Morgan fingerprint density at radius 1 is 1.14 bits per heavy atom. The second-order valence-corrected chi connectivity index (χ2v) is 10.9. The van der Waals surface area contributed by atoms with E-state index in [1.54, 1.807) is 23.0 Å². The molecule has 13 nitrogen and oxygen atoms in total. The number of amides is 1. The number of benzene rings is 1. The molecule has 1 aliphatic heterocycles. The number of carbonyl (C=O) groups excluding carboxylic acids is 1. The fraction of sp³-hybridized carbons (Fsp3) is 0.379. The van der Waals surface area contributed by atoms with Crippen molar-refractivity contribution in [3.63, 3.8) is 0 Å². The molecule has 5 aromatic rings. The van der Waals surface area contributed by atoms with E-state index in [0.717, 1.165) is 17.0 Å². The predicted octanol–water partition coefficient (Wildman–Crippen LogP) is 2.08. The SMILES string of the molecule is CN(C)CCNC(=O)COc1cc(N2CCN(CCn3ncc4c3nc(N)n3nc(-c5ccco5)cc43)CC2)c(F)cc1F. The number of nitrogens with two attached hydrogens (primary N) is 1. The van der Waals surface area contributed by atoms with Crippen LogP contribution in [0.25, 0.3) is 28.0 Å². The minimum absolute atomic E-state index is 0.160. The lowest BCUT2D eigenvalue weighted by Crippen LogP contribution is -2.47. The minimum Gasteiger partial charge on any atom is -0.481 e. The molecule has 1 amide bonds. The molecule has 0 radical (unpaired) electrons. The second-order valence-electron chi connectivity index (χ2n) is 10.9. The van der Waals surface area contributed by atoms with Crippen LogP contribution in [0, 0.1) is 11.6 Å². The minimum atomic E-state index is -0.850. The molecule has 1 saturated heterocycles. The number of nitrogens with zero attached hydrogens (tertiary/aromatic N) is 8. The summed E-state index contributed by atoms with van der Waals surface area (Å²) in [6.45, 7) is 4.41. The Morgan fingerprint density at radius 2 is 1.95 bits per heavy atom. The normalized spacial score (nSPS) is 14.2. The number of halogens is 2. The van der Waals surface area contributed by atoms with Gasteiger partial charge in [-0.25, -0.2) is 13.5 Å². The highest BCUT2D eigenvalue weighted by atomic mass is 19.1. The van der Waals surface area contributed by atoms with Gasteiger partial charge in [0.1, 0.15) is 11.5 Å². The fourth-order valence-electron chi connectivity index (χ4n) is 5.22. The molecule has 1 aliphatic rings. The first kappa shape index (κ1) is 29.3. The summed E-state index contributed by atoms with van der Waals surface area (Å²) in [6, 6.07) is 7.66. The summed E-state index contributed by atoms with van der Waals surface area (Å²) in [5, 5.41) is 12.6. The van der Waals surface area contributed by atoms with Gasteiger partial charge in [0, 0.05) is 57.9 Å². The number of aromatic nitrogens is 5. The van der Waals surface area contributed by atoms with Crippen molar-refractivity contribution in [2.75, 3.05) is 77.1 Å². The van der Waals surface area contributed by atoms with Crippen molar-refractivity contribution in [2.24, 2.45) is 0 Å². The average molecular weight is 609 g/mol. The van der Waals surface area contributed by atoms with Gasteiger partial charge in [0.25, 0.3) is 5.91 Å². The van der Waals surface area contributed by atoms with Gasteiger partial charge in [0.2, 0.25) is 5.95 Å². The van der Waals surface area contributed by atoms with E-state index in [1.807, 2.05) is 40.7 Å². The zero-order chi connectivity index (χ0) is 30.8. The Labute approximate surface area is 251 Å². The molecule has 0 bridgehead atoms. The van der Waals surface area contributed by atoms with Crippen LogP contribution in [-0.2, 0) is 11.3 Å². The molecule has 0 atom stereocenters. The number of piperazine rings is 1. The third-order valence-corrected chi connectivity index (χ3v) is 7.59. The first-order valence-corrected chi connectivity index (χ1v) is 14.3. The van der Waals surface area contributed by atoms with Crippen molar-refractivity contribution in [1.82, 2.24) is 39.5 Å². The molecule has 3 N–H and O–H groups in total. The molecule has 15 heteroatoms. The number of hydrogen-bond acceptors (Lipinski definition) is 10. The summed E-state index contributed by atoms with van der Waals surface area (Å²) in [5.41, 5.74) is 8.58. The van der Waals surface area contributed by atoms with E-state index >= 15 is 0 Å². The highest BCUT2D eigenvalue weighted by Crippen LogP contribution is 2.30. The third kappa shape index (κ3) is 6.14. The number of furan rings is 1. The van der Waals surface area contributed by atoms with Gasteiger partial charge < -0.3 is 30.0 Å². The quantitative estimate of drug-likeness (QED) is 0.230. The molecular formula is C29H34F2N10O3. The number of nitrogen functional groups attached to an aromatic ring is 1. The Morgan fingerprint density at radius 3 is 2.70 bits per heavy atom. The average Bonchev–Trinajstić information content (AvgIpc) is 3.76. The summed E-state index contributed by atoms with van der Waals surface area (Å²) in [7, 11) is 3.79. The highest BCUT2D eigenvalue weighted by molar-refractivity contribution is 5.93. The van der Waals surface area contributed by atoms with E-state index < -0.39 is 11.6 Å². The van der Waals surface area contributed by atoms with E-state index in [0.29, 0.717) is 69.5 Å². The van der Waals surface area contributed by atoms with Crippen LogP contribution in [0.5, 0.6) is 5.75 Å². The molecule has 1 fully saturated rings. The van der Waals surface area contributed by atoms with Gasteiger partial charge in [-0.2, -0.15) is 19.7 Å². The number of hydrogen-bond donors (Lipinski definition) is 2. The summed E-state index contributed by atoms with van der Waals surface area (Å²) >= 11 is 0. The van der Waals surface area contributed by atoms with Crippen LogP contribution in [0.15, 0.2) is 47.2 Å². The van der Waals surface area contributed by atoms with E-state index in [9.17, 15) is 13.6 Å². The van der Waals surface area contributed by atoms with Gasteiger partial charge in [-0.1, -0.05) is 0 Å². The van der Waals surface area contributed by atoms with Crippen LogP contribution in [0.3, 0.4) is 0 Å². The Kier molecular flexibility index (Phi) is 8.30. The molecule has 0 aliphatic carbocycles. The summed E-state index contributed by atoms with van der Waals surface area (Å²) in [6.07, 6.45) is 3.35. The van der Waals surface area contributed by atoms with Crippen LogP contribution >= 0.6 is 0 Å². The monoisotopic (exact) mass is 608 g/mol. The molecule has 44 heavy (non-hydrogen) atoms. The van der Waals surface area contributed by atoms with Crippen molar-refractivity contribution < 1.29 is 22.7 Å². The summed E-state index contributed by atoms with van der Waals surface area (Å²) < 4.78 is 43.5. The molecule has 6 rings (SSSR count). The number of nitrogens with one attached hydrogen (secondary N) is 1. The topological polar surface area (TPSA) is 135 Å². The summed E-state index contributed by atoms with van der Waals surface area (Å²) in [4.78, 5) is 22.6. The van der Waals surface area contributed by atoms with Crippen LogP contribution in [-0.4, -0.2) is 107 Å². The Hall–Kier alpha value is -4.76. The van der Waals surface area contributed by atoms with Crippen LogP contribution in [0.2, 0.25) is 0 Å². The molecule has 0 unspecified atom stereocenters. The van der Waals surface area contributed by atoms with Gasteiger partial charge in [0.05, 0.1) is 35.6 Å². The van der Waals surface area contributed by atoms with Crippen LogP contribution in [0.4, 0.5) is 20.4 Å². The van der Waals surface area contributed by atoms with Gasteiger partial charge in [-0.3, -0.25) is 9.69 Å². The first-order valence-electron chi connectivity index (χ1n) is 14.3. The number of fused-ring (bicyclic) bond motifs is 3. The predicted molar refractivity (Wildman–Crippen MR) is 160 cm³/mol. The number of ether oxygens (including phenoxy) is 1. The lowest BCUT2D eigenvalue weighted by atomic mass is 10.2. The van der Waals surface area contributed by atoms with Crippen LogP contribution < -0.4 is 20.7 Å². The largest absolute Gasteiger partial charge is 0.481 e. The van der Waals surface area contributed by atoms with Gasteiger partial charge in [-0.15, -0.1) is 0 Å². The molecule has 0 spiro atoms. The maximum Gasteiger partial charge on any atom is 0.257 e. The third-order valence-electron chi connectivity index (χ3n) is 7.59. The first-order chi connectivity index (χ1) is 21.3. The number of anilines is 2. The number of rotatable bonds is 11. The molecule has 5 heterocycles. The van der Waals surface area contributed by atoms with Crippen molar-refractivity contribution >= 4 is 34.1 Å². The maximum atomic E-state index is 14.8. The van der Waals surface area contributed by atoms with Gasteiger partial charge >= 0.3 is 0 Å². The lowest BCUT2D eigenvalue weighted by Gasteiger charge is -2.36.